The molecule has 0 atom stereocenters. The van der Waals surface area contributed by atoms with Gasteiger partial charge in [0.1, 0.15) is 5.75 Å². The van der Waals surface area contributed by atoms with Gasteiger partial charge in [0.05, 0.1) is 6.61 Å². The maximum absolute atomic E-state index is 12.1. The summed E-state index contributed by atoms with van der Waals surface area (Å²) in [6.45, 7) is 2.63. The summed E-state index contributed by atoms with van der Waals surface area (Å²) in [6.07, 6.45) is 0.903. The minimum atomic E-state index is -0.486. The van der Waals surface area contributed by atoms with Gasteiger partial charge < -0.3 is 4.74 Å². The number of nitrogens with one attached hydrogen (secondary N) is 2. The molecule has 0 fully saturated rings. The average molecular weight is 389 g/mol. The fourth-order valence-electron chi connectivity index (χ4n) is 2.22. The average Bonchev–Trinajstić information content (AvgIpc) is 2.69. The second-order valence-corrected chi connectivity index (χ2v) is 6.25. The van der Waals surface area contributed by atoms with Gasteiger partial charge in [0.15, 0.2) is 5.78 Å². The third-order valence-electron chi connectivity index (χ3n) is 3.63. The van der Waals surface area contributed by atoms with Gasteiger partial charge in [-0.1, -0.05) is 24.6 Å². The molecule has 142 valence electrons. The van der Waals surface area contributed by atoms with E-state index in [1.807, 2.05) is 6.92 Å². The number of carbonyl (C=O) groups excluding carboxylic acids is 3. The second kappa shape index (κ2) is 10.3. The summed E-state index contributed by atoms with van der Waals surface area (Å²) >= 11 is 5.82. The first-order valence-electron chi connectivity index (χ1n) is 8.60. The second-order valence-electron chi connectivity index (χ2n) is 5.81. The van der Waals surface area contributed by atoms with Crippen LogP contribution in [0.25, 0.3) is 0 Å². The Morgan fingerprint density at radius 2 is 1.70 bits per heavy atom. The van der Waals surface area contributed by atoms with Crippen molar-refractivity contribution in [3.05, 3.63) is 64.7 Å². The third kappa shape index (κ3) is 6.75. The number of ether oxygens (including phenoxy) is 1. The summed E-state index contributed by atoms with van der Waals surface area (Å²) in [6, 6.07) is 13.1. The molecule has 2 rings (SSSR count). The molecule has 2 N–H and O–H groups in total. The molecule has 2 aromatic rings. The van der Waals surface area contributed by atoms with Crippen molar-refractivity contribution < 1.29 is 19.1 Å². The van der Waals surface area contributed by atoms with E-state index in [1.165, 1.54) is 6.07 Å². The van der Waals surface area contributed by atoms with Crippen molar-refractivity contribution in [2.75, 3.05) is 6.61 Å². The molecule has 0 unspecified atom stereocenters. The molecule has 27 heavy (non-hydrogen) atoms. The zero-order chi connectivity index (χ0) is 19.6. The molecule has 0 spiro atoms. The van der Waals surface area contributed by atoms with Crippen LogP contribution in [0.2, 0.25) is 5.02 Å². The molecule has 0 bridgehead atoms. The van der Waals surface area contributed by atoms with Crippen LogP contribution in [0, 0.1) is 0 Å². The number of halogens is 1. The maximum Gasteiger partial charge on any atom is 0.269 e. The summed E-state index contributed by atoms with van der Waals surface area (Å²) in [5.74, 6) is -0.398. The van der Waals surface area contributed by atoms with Crippen LogP contribution in [-0.2, 0) is 4.79 Å². The molecular weight excluding hydrogens is 368 g/mol. The highest BCUT2D eigenvalue weighted by Gasteiger charge is 2.11. The summed E-state index contributed by atoms with van der Waals surface area (Å²) in [5, 5.41) is 0.422. The van der Waals surface area contributed by atoms with Crippen molar-refractivity contribution in [2.24, 2.45) is 0 Å². The van der Waals surface area contributed by atoms with Gasteiger partial charge in [-0.3, -0.25) is 25.2 Å². The zero-order valence-corrected chi connectivity index (χ0v) is 15.7. The van der Waals surface area contributed by atoms with Gasteiger partial charge in [-0.15, -0.1) is 0 Å². The molecule has 6 nitrogen and oxygen atoms in total. The Bertz CT molecular complexity index is 806. The van der Waals surface area contributed by atoms with E-state index in [0.717, 1.165) is 6.42 Å². The Hall–Kier alpha value is -2.86. The molecule has 0 aliphatic heterocycles. The van der Waals surface area contributed by atoms with Crippen molar-refractivity contribution >= 4 is 29.2 Å². The Labute approximate surface area is 162 Å². The number of hydrogen-bond donors (Lipinski definition) is 2. The number of amides is 2. The van der Waals surface area contributed by atoms with Crippen LogP contribution in [0.4, 0.5) is 0 Å². The van der Waals surface area contributed by atoms with Gasteiger partial charge in [0.2, 0.25) is 5.91 Å². The number of carbonyl (C=O) groups is 3. The predicted molar refractivity (Wildman–Crippen MR) is 103 cm³/mol. The lowest BCUT2D eigenvalue weighted by Gasteiger charge is -2.08. The molecule has 2 amide bonds. The summed E-state index contributed by atoms with van der Waals surface area (Å²) in [5.41, 5.74) is 5.41. The minimum Gasteiger partial charge on any atom is -0.494 e. The lowest BCUT2D eigenvalue weighted by molar-refractivity contribution is -0.121. The van der Waals surface area contributed by atoms with E-state index in [1.54, 1.807) is 42.5 Å². The van der Waals surface area contributed by atoms with Gasteiger partial charge in [-0.2, -0.15) is 0 Å². The molecule has 7 heteroatoms. The molecule has 2 aromatic carbocycles. The lowest BCUT2D eigenvalue weighted by atomic mass is 10.1. The Morgan fingerprint density at radius 3 is 2.37 bits per heavy atom. The number of benzene rings is 2. The smallest absolute Gasteiger partial charge is 0.269 e. The molecule has 0 aromatic heterocycles. The van der Waals surface area contributed by atoms with Gasteiger partial charge in [0, 0.05) is 29.0 Å². The van der Waals surface area contributed by atoms with Gasteiger partial charge in [-0.25, -0.2) is 0 Å². The Balaban J connectivity index is 1.76. The number of hydrazine groups is 1. The highest BCUT2D eigenvalue weighted by Crippen LogP contribution is 2.14. The largest absolute Gasteiger partial charge is 0.494 e. The standard InChI is InChI=1S/C20H21ClN2O4/c1-2-12-27-17-8-6-14(7-9-17)18(24)10-11-19(25)22-23-20(26)15-4-3-5-16(21)13-15/h3-9,13H,2,10-12H2,1H3,(H,22,25)(H,23,26). The molecule has 0 radical (unpaired) electrons. The van der Waals surface area contributed by atoms with E-state index in [2.05, 4.69) is 10.9 Å². The van der Waals surface area contributed by atoms with Crippen molar-refractivity contribution in [2.45, 2.75) is 26.2 Å². The lowest BCUT2D eigenvalue weighted by Crippen LogP contribution is -2.41. The van der Waals surface area contributed by atoms with E-state index in [0.29, 0.717) is 28.5 Å². The molecule has 0 heterocycles. The summed E-state index contributed by atoms with van der Waals surface area (Å²) < 4.78 is 5.46. The number of Topliss-reactive ketones (excluding diaryl/α,β-unsaturated/α-hetero) is 1. The van der Waals surface area contributed by atoms with Crippen LogP contribution < -0.4 is 15.6 Å². The Morgan fingerprint density at radius 1 is 0.963 bits per heavy atom. The first kappa shape index (κ1) is 20.5. The van der Waals surface area contributed by atoms with Crippen molar-refractivity contribution in [1.29, 1.82) is 0 Å². The van der Waals surface area contributed by atoms with Crippen LogP contribution in [0.1, 0.15) is 46.9 Å². The highest BCUT2D eigenvalue weighted by molar-refractivity contribution is 6.30. The zero-order valence-electron chi connectivity index (χ0n) is 15.0. The van der Waals surface area contributed by atoms with E-state index in [9.17, 15) is 14.4 Å². The van der Waals surface area contributed by atoms with Crippen molar-refractivity contribution in [3.8, 4) is 5.75 Å². The van der Waals surface area contributed by atoms with E-state index in [4.69, 9.17) is 16.3 Å². The molecular formula is C20H21ClN2O4. The maximum atomic E-state index is 12.1. The van der Waals surface area contributed by atoms with Crippen molar-refractivity contribution in [1.82, 2.24) is 10.9 Å². The Kier molecular flexibility index (Phi) is 7.82. The van der Waals surface area contributed by atoms with Crippen LogP contribution in [0.3, 0.4) is 0 Å². The van der Waals surface area contributed by atoms with Crippen molar-refractivity contribution in [3.63, 3.8) is 0 Å². The molecule has 0 saturated carbocycles. The summed E-state index contributed by atoms with van der Waals surface area (Å²) in [4.78, 5) is 35.9. The molecule has 0 aliphatic rings. The number of hydrogen-bond acceptors (Lipinski definition) is 4. The molecule has 0 aliphatic carbocycles. The van der Waals surface area contributed by atoms with Crippen LogP contribution >= 0.6 is 11.6 Å². The third-order valence-corrected chi connectivity index (χ3v) is 3.87. The normalized spacial score (nSPS) is 10.1. The SMILES string of the molecule is CCCOc1ccc(C(=O)CCC(=O)NNC(=O)c2cccc(Cl)c2)cc1. The topological polar surface area (TPSA) is 84.5 Å². The van der Waals surface area contributed by atoms with E-state index >= 15 is 0 Å². The van der Waals surface area contributed by atoms with Crippen LogP contribution in [0.15, 0.2) is 48.5 Å². The predicted octanol–water partition coefficient (Wildman–Crippen LogP) is 3.55. The van der Waals surface area contributed by atoms with Gasteiger partial charge in [0.25, 0.3) is 5.91 Å². The first-order valence-corrected chi connectivity index (χ1v) is 8.98. The highest BCUT2D eigenvalue weighted by atomic mass is 35.5. The minimum absolute atomic E-state index is 0.0357. The van der Waals surface area contributed by atoms with E-state index in [-0.39, 0.29) is 18.6 Å². The van der Waals surface area contributed by atoms with Gasteiger partial charge in [-0.05, 0) is 48.9 Å². The number of rotatable bonds is 8. The number of ketones is 1. The fraction of sp³-hybridized carbons (Fsp3) is 0.250. The molecule has 0 saturated heterocycles. The van der Waals surface area contributed by atoms with Crippen LogP contribution in [0.5, 0.6) is 5.75 Å². The van der Waals surface area contributed by atoms with E-state index < -0.39 is 11.8 Å². The van der Waals surface area contributed by atoms with Crippen LogP contribution in [-0.4, -0.2) is 24.2 Å². The quantitative estimate of drug-likeness (QED) is 0.535. The fourth-order valence-corrected chi connectivity index (χ4v) is 2.41. The van der Waals surface area contributed by atoms with Gasteiger partial charge >= 0.3 is 0 Å². The monoisotopic (exact) mass is 388 g/mol. The first-order chi connectivity index (χ1) is 13.0. The summed E-state index contributed by atoms with van der Waals surface area (Å²) in [7, 11) is 0.